The van der Waals surface area contributed by atoms with Gasteiger partial charge in [-0.15, -0.1) is 26.8 Å². The molecule has 0 radical (unpaired) electrons. The number of fused-ring (bicyclic) bond motifs is 1. The highest BCUT2D eigenvalue weighted by Crippen LogP contribution is 2.35. The molecule has 0 unspecified atom stereocenters. The van der Waals surface area contributed by atoms with Gasteiger partial charge in [0.2, 0.25) is 11.9 Å². The highest BCUT2D eigenvalue weighted by Gasteiger charge is 2.52. The number of carbonyl (C=O) groups excluding carboxylic acids is 3. The van der Waals surface area contributed by atoms with Crippen molar-refractivity contribution in [2.24, 2.45) is 0 Å². The molecular formula is C31H25N5O7S. The summed E-state index contributed by atoms with van der Waals surface area (Å²) in [5, 5.41) is 9.58. The molecule has 222 valence electrons. The Balaban J connectivity index is 1.37. The van der Waals surface area contributed by atoms with Crippen molar-refractivity contribution in [3.05, 3.63) is 114 Å². The van der Waals surface area contributed by atoms with Gasteiger partial charge in [-0.25, -0.2) is 24.4 Å². The van der Waals surface area contributed by atoms with Gasteiger partial charge in [0, 0.05) is 0 Å². The molecule has 1 fully saturated rings. The molecule has 5 aromatic rings. The Morgan fingerprint density at radius 2 is 1.30 bits per heavy atom. The standard InChI is InChI=1S/C31H25N5O7S/c1-44-27-23-26(32-18-33-27)35-36(34-23)28-25(43-31(39)21-15-9-4-10-16-21)24(42-30(38)20-13-7-3-8-14-20)22(41-28)17-40-29(37)19-11-5-2-6-12-19/h2-16,18,22,24-25,28H,17H2,1H3/t22-,24+,25+,28+/m0/s1. The Labute approximate surface area is 255 Å². The zero-order valence-corrected chi connectivity index (χ0v) is 24.1. The van der Waals surface area contributed by atoms with E-state index in [0.717, 1.165) is 0 Å². The first-order valence-electron chi connectivity index (χ1n) is 13.5. The number of rotatable bonds is 9. The highest BCUT2D eigenvalue weighted by molar-refractivity contribution is 7.98. The average molecular weight is 612 g/mol. The van der Waals surface area contributed by atoms with Gasteiger partial charge in [0.25, 0.3) is 0 Å². The Kier molecular flexibility index (Phi) is 8.57. The quantitative estimate of drug-likeness (QED) is 0.102. The van der Waals surface area contributed by atoms with Gasteiger partial charge in [0.05, 0.1) is 16.7 Å². The normalized spacial score (nSPS) is 19.4. The molecule has 1 aliphatic heterocycles. The second-order valence-electron chi connectivity index (χ2n) is 9.58. The van der Waals surface area contributed by atoms with Crippen LogP contribution in [0, 0.1) is 0 Å². The summed E-state index contributed by atoms with van der Waals surface area (Å²) in [6.45, 7) is -0.326. The van der Waals surface area contributed by atoms with Gasteiger partial charge in [-0.05, 0) is 42.7 Å². The van der Waals surface area contributed by atoms with Crippen LogP contribution in [0.5, 0.6) is 0 Å². The van der Waals surface area contributed by atoms with Crippen LogP contribution in [0.15, 0.2) is 102 Å². The molecule has 6 rings (SSSR count). The van der Waals surface area contributed by atoms with E-state index in [1.807, 2.05) is 6.26 Å². The van der Waals surface area contributed by atoms with Crippen LogP contribution in [-0.4, -0.2) is 74.0 Å². The maximum Gasteiger partial charge on any atom is 0.338 e. The van der Waals surface area contributed by atoms with Gasteiger partial charge < -0.3 is 18.9 Å². The number of hydrogen-bond donors (Lipinski definition) is 0. The third-order valence-electron chi connectivity index (χ3n) is 6.77. The minimum Gasteiger partial charge on any atom is -0.459 e. The molecule has 0 bridgehead atoms. The van der Waals surface area contributed by atoms with Crippen LogP contribution in [0.2, 0.25) is 0 Å². The topological polar surface area (TPSA) is 145 Å². The van der Waals surface area contributed by atoms with Gasteiger partial charge in [-0.1, -0.05) is 54.6 Å². The molecule has 2 aromatic heterocycles. The van der Waals surface area contributed by atoms with E-state index in [0.29, 0.717) is 16.1 Å². The molecule has 3 aromatic carbocycles. The van der Waals surface area contributed by atoms with E-state index in [2.05, 4.69) is 20.2 Å². The summed E-state index contributed by atoms with van der Waals surface area (Å²) < 4.78 is 23.8. The minimum absolute atomic E-state index is 0.270. The predicted molar refractivity (Wildman–Crippen MR) is 157 cm³/mol. The number of hydrogen-bond acceptors (Lipinski definition) is 12. The van der Waals surface area contributed by atoms with E-state index in [1.165, 1.54) is 22.9 Å². The van der Waals surface area contributed by atoms with Crippen molar-refractivity contribution in [3.8, 4) is 0 Å². The first-order valence-corrected chi connectivity index (χ1v) is 14.8. The number of carbonyl (C=O) groups is 3. The number of benzene rings is 3. The molecule has 1 aliphatic rings. The van der Waals surface area contributed by atoms with Crippen LogP contribution in [-0.2, 0) is 18.9 Å². The van der Waals surface area contributed by atoms with Crippen LogP contribution < -0.4 is 0 Å². The van der Waals surface area contributed by atoms with Crippen molar-refractivity contribution >= 4 is 40.8 Å². The van der Waals surface area contributed by atoms with Gasteiger partial charge in [0.1, 0.15) is 24.1 Å². The maximum absolute atomic E-state index is 13.3. The number of ether oxygens (including phenoxy) is 4. The average Bonchev–Trinajstić information content (AvgIpc) is 3.66. The Morgan fingerprint density at radius 3 is 1.86 bits per heavy atom. The molecule has 0 spiro atoms. The summed E-state index contributed by atoms with van der Waals surface area (Å²) >= 11 is 1.36. The summed E-state index contributed by atoms with van der Waals surface area (Å²) in [6.07, 6.45) is -1.50. The molecule has 0 aliphatic carbocycles. The summed E-state index contributed by atoms with van der Waals surface area (Å²) in [7, 11) is 0. The summed E-state index contributed by atoms with van der Waals surface area (Å²) in [6, 6.07) is 25.1. The lowest BCUT2D eigenvalue weighted by Crippen LogP contribution is -2.41. The minimum atomic E-state index is -1.25. The van der Waals surface area contributed by atoms with Crippen LogP contribution in [0.1, 0.15) is 37.3 Å². The zero-order valence-electron chi connectivity index (χ0n) is 23.3. The van der Waals surface area contributed by atoms with Gasteiger partial charge in [-0.3, -0.25) is 0 Å². The fourth-order valence-corrected chi connectivity index (χ4v) is 5.12. The smallest absolute Gasteiger partial charge is 0.338 e. The van der Waals surface area contributed by atoms with Crippen LogP contribution in [0.25, 0.3) is 11.2 Å². The SMILES string of the molecule is CSc1ncnc2nn([C@@H]3O[C@@H](COC(=O)c4ccccc4)[C@@H](OC(=O)c4ccccc4)[C@H]3OC(=O)c3ccccc3)nc12. The van der Waals surface area contributed by atoms with Gasteiger partial charge in [-0.2, -0.15) is 0 Å². The first-order chi connectivity index (χ1) is 21.5. The summed E-state index contributed by atoms with van der Waals surface area (Å²) in [4.78, 5) is 49.1. The van der Waals surface area contributed by atoms with Gasteiger partial charge in [0.15, 0.2) is 17.7 Å². The van der Waals surface area contributed by atoms with Gasteiger partial charge >= 0.3 is 17.9 Å². The lowest BCUT2D eigenvalue weighted by Gasteiger charge is -2.24. The number of nitrogens with zero attached hydrogens (tertiary/aromatic N) is 5. The third-order valence-corrected chi connectivity index (χ3v) is 7.45. The van der Waals surface area contributed by atoms with Crippen molar-refractivity contribution in [2.45, 2.75) is 29.6 Å². The van der Waals surface area contributed by atoms with E-state index in [1.54, 1.807) is 91.0 Å². The molecule has 44 heavy (non-hydrogen) atoms. The Bertz CT molecular complexity index is 1770. The molecule has 0 N–H and O–H groups in total. The number of aromatic nitrogens is 5. The molecule has 0 amide bonds. The van der Waals surface area contributed by atoms with Crippen LogP contribution in [0.3, 0.4) is 0 Å². The summed E-state index contributed by atoms with van der Waals surface area (Å²) in [5.74, 6) is -1.98. The predicted octanol–water partition coefficient (Wildman–Crippen LogP) is 4.15. The molecule has 13 heteroatoms. The molecule has 1 saturated heterocycles. The molecule has 4 atom stereocenters. The van der Waals surface area contributed by atoms with E-state index in [9.17, 15) is 14.4 Å². The van der Waals surface area contributed by atoms with Crippen molar-refractivity contribution in [2.75, 3.05) is 12.9 Å². The maximum atomic E-state index is 13.3. The monoisotopic (exact) mass is 611 g/mol. The molecule has 0 saturated carbocycles. The van der Waals surface area contributed by atoms with Crippen molar-refractivity contribution in [1.82, 2.24) is 25.0 Å². The van der Waals surface area contributed by atoms with Crippen molar-refractivity contribution in [3.63, 3.8) is 0 Å². The number of thioether (sulfide) groups is 1. The summed E-state index contributed by atoms with van der Waals surface area (Å²) in [5.41, 5.74) is 1.57. The molecule has 12 nitrogen and oxygen atoms in total. The first kappa shape index (κ1) is 29.0. The molecule has 3 heterocycles. The molecular weight excluding hydrogens is 586 g/mol. The van der Waals surface area contributed by atoms with E-state index in [-0.39, 0.29) is 23.4 Å². The fraction of sp³-hybridized carbons (Fsp3) is 0.194. The fourth-order valence-electron chi connectivity index (χ4n) is 4.64. The van der Waals surface area contributed by atoms with Crippen LogP contribution in [0.4, 0.5) is 0 Å². The van der Waals surface area contributed by atoms with E-state index < -0.39 is 42.4 Å². The Morgan fingerprint density at radius 1 is 0.750 bits per heavy atom. The van der Waals surface area contributed by atoms with E-state index in [4.69, 9.17) is 18.9 Å². The largest absolute Gasteiger partial charge is 0.459 e. The second-order valence-corrected chi connectivity index (χ2v) is 10.4. The third kappa shape index (κ3) is 6.14. The lowest BCUT2D eigenvalue weighted by atomic mass is 10.1. The highest BCUT2D eigenvalue weighted by atomic mass is 32.2. The van der Waals surface area contributed by atoms with E-state index >= 15 is 0 Å². The second kappa shape index (κ2) is 13.0. The number of esters is 3. The lowest BCUT2D eigenvalue weighted by molar-refractivity contribution is -0.0728. The van der Waals surface area contributed by atoms with Crippen molar-refractivity contribution in [1.29, 1.82) is 0 Å². The Hall–Kier alpha value is -5.14. The zero-order chi connectivity index (χ0) is 30.5. The van der Waals surface area contributed by atoms with Crippen molar-refractivity contribution < 1.29 is 33.3 Å². The van der Waals surface area contributed by atoms with Crippen LogP contribution >= 0.6 is 11.8 Å².